The first-order chi connectivity index (χ1) is 9.67. The zero-order valence-electron chi connectivity index (χ0n) is 14.7. The van der Waals surface area contributed by atoms with Crippen molar-refractivity contribution in [1.29, 1.82) is 0 Å². The van der Waals surface area contributed by atoms with Crippen molar-refractivity contribution in [3.05, 3.63) is 11.1 Å². The molecule has 4 rings (SSSR count). The van der Waals surface area contributed by atoms with Crippen LogP contribution in [0.2, 0.25) is 0 Å². The molecular formula is C20H33N. The number of fused-ring (bicyclic) bond motifs is 4. The zero-order valence-corrected chi connectivity index (χ0v) is 14.7. The molecule has 0 amide bonds. The molecule has 0 aromatic rings. The Morgan fingerprint density at radius 3 is 2.14 bits per heavy atom. The zero-order chi connectivity index (χ0) is 15.3. The Labute approximate surface area is 130 Å². The standard InChI is InChI=1S/C20H33N/c1-10-13-7-12(19(10,3)4)8-15(13)17-16-9-14(18(17)21)11(2)20(16,5)6/h10-14,16,18H,7-9,21H2,1-6H3/b17-15+/t10-,11+,12+,13+,14-,16-,18-/m1/s1. The first kappa shape index (κ1) is 14.3. The maximum Gasteiger partial charge on any atom is 0.0291 e. The molecule has 0 radical (unpaired) electrons. The lowest BCUT2D eigenvalue weighted by molar-refractivity contribution is 0.146. The average Bonchev–Trinajstić information content (AvgIpc) is 3.06. The summed E-state index contributed by atoms with van der Waals surface area (Å²) in [4.78, 5) is 0. The van der Waals surface area contributed by atoms with Crippen LogP contribution in [0, 0.1) is 46.3 Å². The van der Waals surface area contributed by atoms with Crippen LogP contribution in [-0.2, 0) is 0 Å². The Bertz CT molecular complexity index is 508. The van der Waals surface area contributed by atoms with Crippen molar-refractivity contribution < 1.29 is 0 Å². The highest BCUT2D eigenvalue weighted by Crippen LogP contribution is 2.67. The fraction of sp³-hybridized carbons (Fsp3) is 0.900. The van der Waals surface area contributed by atoms with E-state index in [2.05, 4.69) is 41.5 Å². The first-order valence-corrected chi connectivity index (χ1v) is 9.15. The summed E-state index contributed by atoms with van der Waals surface area (Å²) < 4.78 is 0. The molecule has 0 saturated heterocycles. The van der Waals surface area contributed by atoms with Crippen molar-refractivity contribution >= 4 is 0 Å². The molecule has 0 unspecified atom stereocenters. The third kappa shape index (κ3) is 1.52. The maximum absolute atomic E-state index is 6.74. The van der Waals surface area contributed by atoms with E-state index in [0.717, 1.165) is 35.5 Å². The topological polar surface area (TPSA) is 26.0 Å². The Morgan fingerprint density at radius 1 is 0.952 bits per heavy atom. The average molecular weight is 287 g/mol. The van der Waals surface area contributed by atoms with E-state index >= 15 is 0 Å². The lowest BCUT2D eigenvalue weighted by Gasteiger charge is -2.44. The first-order valence-electron chi connectivity index (χ1n) is 9.15. The molecule has 7 atom stereocenters. The molecule has 1 nitrogen and oxygen atoms in total. The van der Waals surface area contributed by atoms with Crippen molar-refractivity contribution in [2.45, 2.75) is 66.8 Å². The lowest BCUT2D eigenvalue weighted by Crippen LogP contribution is -2.43. The van der Waals surface area contributed by atoms with Gasteiger partial charge in [-0.1, -0.05) is 52.7 Å². The Balaban J connectivity index is 1.76. The van der Waals surface area contributed by atoms with Gasteiger partial charge in [0.05, 0.1) is 0 Å². The van der Waals surface area contributed by atoms with E-state index in [1.54, 1.807) is 5.57 Å². The van der Waals surface area contributed by atoms with Crippen LogP contribution in [0.3, 0.4) is 0 Å². The van der Waals surface area contributed by atoms with Gasteiger partial charge in [0.25, 0.3) is 0 Å². The molecule has 4 aliphatic rings. The minimum Gasteiger partial charge on any atom is -0.324 e. The van der Waals surface area contributed by atoms with Gasteiger partial charge in [0.2, 0.25) is 0 Å². The minimum absolute atomic E-state index is 0.377. The molecule has 118 valence electrons. The van der Waals surface area contributed by atoms with Gasteiger partial charge in [0.15, 0.2) is 0 Å². The van der Waals surface area contributed by atoms with E-state index in [1.807, 2.05) is 5.57 Å². The van der Waals surface area contributed by atoms with E-state index in [0.29, 0.717) is 16.9 Å². The second-order valence-corrected chi connectivity index (χ2v) is 9.92. The van der Waals surface area contributed by atoms with Gasteiger partial charge in [0, 0.05) is 6.04 Å². The summed E-state index contributed by atoms with van der Waals surface area (Å²) in [5.74, 6) is 4.90. The number of rotatable bonds is 0. The van der Waals surface area contributed by atoms with E-state index < -0.39 is 0 Å². The van der Waals surface area contributed by atoms with E-state index in [-0.39, 0.29) is 0 Å². The van der Waals surface area contributed by atoms with Gasteiger partial charge in [-0.2, -0.15) is 0 Å². The minimum atomic E-state index is 0.377. The van der Waals surface area contributed by atoms with Gasteiger partial charge >= 0.3 is 0 Å². The fourth-order valence-corrected chi connectivity index (χ4v) is 6.78. The predicted octanol–water partition coefficient (Wildman–Crippen LogP) is 4.62. The number of allylic oxidation sites excluding steroid dienone is 1. The van der Waals surface area contributed by atoms with Crippen LogP contribution in [0.25, 0.3) is 0 Å². The molecule has 2 N–H and O–H groups in total. The Morgan fingerprint density at radius 2 is 1.62 bits per heavy atom. The second-order valence-electron chi connectivity index (χ2n) is 9.92. The summed E-state index contributed by atoms with van der Waals surface area (Å²) in [6, 6.07) is 0.377. The van der Waals surface area contributed by atoms with Crippen molar-refractivity contribution in [2.75, 3.05) is 0 Å². The summed E-state index contributed by atoms with van der Waals surface area (Å²) in [5.41, 5.74) is 11.3. The second kappa shape index (κ2) is 3.96. The van der Waals surface area contributed by atoms with Gasteiger partial charge in [-0.05, 0) is 65.6 Å². The molecule has 4 bridgehead atoms. The van der Waals surface area contributed by atoms with Crippen molar-refractivity contribution in [3.8, 4) is 0 Å². The normalized spacial score (nSPS) is 56.4. The van der Waals surface area contributed by atoms with Gasteiger partial charge in [0.1, 0.15) is 0 Å². The molecule has 0 aromatic carbocycles. The van der Waals surface area contributed by atoms with Crippen LogP contribution in [0.1, 0.15) is 60.8 Å². The third-order valence-electron chi connectivity index (χ3n) is 9.07. The van der Waals surface area contributed by atoms with Crippen LogP contribution < -0.4 is 5.73 Å². The number of nitrogens with two attached hydrogens (primary N) is 1. The summed E-state index contributed by atoms with van der Waals surface area (Å²) in [7, 11) is 0. The van der Waals surface area contributed by atoms with Gasteiger partial charge in [-0.25, -0.2) is 0 Å². The number of hydrogen-bond donors (Lipinski definition) is 1. The largest absolute Gasteiger partial charge is 0.324 e. The van der Waals surface area contributed by atoms with E-state index in [9.17, 15) is 0 Å². The fourth-order valence-electron chi connectivity index (χ4n) is 6.78. The molecule has 0 spiro atoms. The number of hydrogen-bond acceptors (Lipinski definition) is 1. The van der Waals surface area contributed by atoms with E-state index in [4.69, 9.17) is 5.73 Å². The van der Waals surface area contributed by atoms with Crippen LogP contribution in [0.5, 0.6) is 0 Å². The smallest absolute Gasteiger partial charge is 0.0291 e. The molecule has 4 saturated carbocycles. The summed E-state index contributed by atoms with van der Waals surface area (Å²) in [5, 5.41) is 0. The third-order valence-corrected chi connectivity index (χ3v) is 9.07. The Hall–Kier alpha value is -0.300. The highest BCUT2D eigenvalue weighted by molar-refractivity contribution is 5.38. The van der Waals surface area contributed by atoms with Crippen molar-refractivity contribution in [2.24, 2.45) is 52.1 Å². The quantitative estimate of drug-likeness (QED) is 0.646. The SMILES string of the molecule is C[C@@H]1[C@@H]2C[C@@H](C/C2=C2/[C@H]3C[C@@H]([C@H]2N)[C@H](C)C3(C)C)C1(C)C. The summed E-state index contributed by atoms with van der Waals surface area (Å²) in [6.45, 7) is 14.9. The van der Waals surface area contributed by atoms with Gasteiger partial charge in [-0.3, -0.25) is 0 Å². The monoisotopic (exact) mass is 287 g/mol. The molecule has 21 heavy (non-hydrogen) atoms. The van der Waals surface area contributed by atoms with Gasteiger partial charge in [-0.15, -0.1) is 0 Å². The lowest BCUT2D eigenvalue weighted by atomic mass is 9.62. The molecule has 4 fully saturated rings. The molecular weight excluding hydrogens is 254 g/mol. The molecule has 0 aromatic heterocycles. The molecule has 0 aliphatic heterocycles. The van der Waals surface area contributed by atoms with E-state index in [1.165, 1.54) is 19.3 Å². The molecule has 4 aliphatic carbocycles. The van der Waals surface area contributed by atoms with Crippen LogP contribution >= 0.6 is 0 Å². The van der Waals surface area contributed by atoms with Crippen LogP contribution in [0.15, 0.2) is 11.1 Å². The van der Waals surface area contributed by atoms with Crippen molar-refractivity contribution in [3.63, 3.8) is 0 Å². The Kier molecular flexibility index (Phi) is 2.70. The summed E-state index contributed by atoms with van der Waals surface area (Å²) in [6.07, 6.45) is 4.16. The van der Waals surface area contributed by atoms with Crippen molar-refractivity contribution in [1.82, 2.24) is 0 Å². The highest BCUT2D eigenvalue weighted by Gasteiger charge is 2.60. The molecule has 1 heteroatoms. The van der Waals surface area contributed by atoms with Crippen LogP contribution in [-0.4, -0.2) is 6.04 Å². The summed E-state index contributed by atoms with van der Waals surface area (Å²) >= 11 is 0. The van der Waals surface area contributed by atoms with Gasteiger partial charge < -0.3 is 5.73 Å². The maximum atomic E-state index is 6.74. The molecule has 0 heterocycles. The highest BCUT2D eigenvalue weighted by atomic mass is 14.8. The van der Waals surface area contributed by atoms with Crippen LogP contribution in [0.4, 0.5) is 0 Å². The predicted molar refractivity (Wildman–Crippen MR) is 88.7 cm³/mol.